The Morgan fingerprint density at radius 3 is 2.88 bits per heavy atom. The van der Waals surface area contributed by atoms with Crippen molar-refractivity contribution in [3.63, 3.8) is 0 Å². The lowest BCUT2D eigenvalue weighted by Gasteiger charge is -2.23. The molecular formula is C17H16N6O2S. The Kier molecular flexibility index (Phi) is 4.08. The maximum atomic E-state index is 12.7. The van der Waals surface area contributed by atoms with E-state index in [9.17, 15) is 4.79 Å². The molecule has 1 atom stereocenters. The third-order valence-electron chi connectivity index (χ3n) is 4.37. The molecule has 0 aromatic carbocycles. The first kappa shape index (κ1) is 16.5. The number of nitrogens with two attached hydrogens (primary N) is 1. The smallest absolute Gasteiger partial charge is 0.232 e. The van der Waals surface area contributed by atoms with E-state index < -0.39 is 0 Å². The fraction of sp³-hybridized carbons (Fsp3) is 0.294. The van der Waals surface area contributed by atoms with Crippen LogP contribution in [0, 0.1) is 6.92 Å². The number of Topliss-reactive ketones (excluding diaryl/α,β-unsaturated/α-hetero) is 1. The summed E-state index contributed by atoms with van der Waals surface area (Å²) in [5.74, 6) is 0.553. The fourth-order valence-corrected chi connectivity index (χ4v) is 4.11. The van der Waals surface area contributed by atoms with Gasteiger partial charge in [0.15, 0.2) is 5.78 Å². The van der Waals surface area contributed by atoms with E-state index in [0.29, 0.717) is 41.4 Å². The number of hydrogen-bond acceptors (Lipinski definition) is 9. The van der Waals surface area contributed by atoms with Gasteiger partial charge in [0.1, 0.15) is 5.69 Å². The lowest BCUT2D eigenvalue weighted by atomic mass is 9.83. The van der Waals surface area contributed by atoms with Crippen molar-refractivity contribution >= 4 is 23.1 Å². The minimum absolute atomic E-state index is 0.0180. The molecule has 1 unspecified atom stereocenters. The number of nitrogen functional groups attached to an aromatic ring is 1. The number of hydrogen-bond donors (Lipinski definition) is 1. The summed E-state index contributed by atoms with van der Waals surface area (Å²) in [5.41, 5.74) is 10.9. The number of anilines is 1. The van der Waals surface area contributed by atoms with Crippen molar-refractivity contribution < 1.29 is 9.53 Å². The Morgan fingerprint density at radius 1 is 1.23 bits per heavy atom. The molecule has 4 rings (SSSR count). The van der Waals surface area contributed by atoms with Gasteiger partial charge >= 0.3 is 0 Å². The van der Waals surface area contributed by atoms with E-state index in [1.807, 2.05) is 0 Å². The highest BCUT2D eigenvalue weighted by molar-refractivity contribution is 7.13. The van der Waals surface area contributed by atoms with Crippen LogP contribution in [0.25, 0.3) is 10.6 Å². The standard InChI is InChI=1S/C17H16N6O2S/c1-8-14-10(23-17(18)21-8)3-9(4-12(14)24)15-16(26-7-20-15)11-5-19-6-13(22-11)25-2/h5-7,9H,3-4H2,1-2H3,(H2,18,21,23). The van der Waals surface area contributed by atoms with Gasteiger partial charge in [0, 0.05) is 12.3 Å². The zero-order valence-electron chi connectivity index (χ0n) is 14.3. The predicted molar refractivity (Wildman–Crippen MR) is 96.3 cm³/mol. The molecule has 0 amide bonds. The quantitative estimate of drug-likeness (QED) is 0.748. The second-order valence-electron chi connectivity index (χ2n) is 6.03. The number of carbonyl (C=O) groups is 1. The van der Waals surface area contributed by atoms with E-state index in [1.54, 1.807) is 31.9 Å². The zero-order valence-corrected chi connectivity index (χ0v) is 15.1. The van der Waals surface area contributed by atoms with Gasteiger partial charge < -0.3 is 10.5 Å². The molecule has 3 aromatic rings. The Hall–Kier alpha value is -2.94. The molecule has 26 heavy (non-hydrogen) atoms. The molecule has 0 aliphatic heterocycles. The second-order valence-corrected chi connectivity index (χ2v) is 6.89. The summed E-state index contributed by atoms with van der Waals surface area (Å²) >= 11 is 1.47. The minimum atomic E-state index is -0.0852. The highest BCUT2D eigenvalue weighted by atomic mass is 32.1. The molecule has 9 heteroatoms. The van der Waals surface area contributed by atoms with E-state index in [-0.39, 0.29) is 17.6 Å². The van der Waals surface area contributed by atoms with Gasteiger partial charge in [-0.25, -0.2) is 19.9 Å². The normalized spacial score (nSPS) is 16.4. The molecule has 3 heterocycles. The lowest BCUT2D eigenvalue weighted by Crippen LogP contribution is -2.23. The van der Waals surface area contributed by atoms with E-state index in [0.717, 1.165) is 10.6 Å². The summed E-state index contributed by atoms with van der Waals surface area (Å²) in [4.78, 5) is 35.1. The molecule has 0 saturated carbocycles. The van der Waals surface area contributed by atoms with Gasteiger partial charge in [-0.2, -0.15) is 0 Å². The topological polar surface area (TPSA) is 117 Å². The number of carbonyl (C=O) groups excluding carboxylic acids is 1. The Labute approximate surface area is 153 Å². The van der Waals surface area contributed by atoms with Crippen LogP contribution >= 0.6 is 11.3 Å². The van der Waals surface area contributed by atoms with Crippen molar-refractivity contribution in [2.45, 2.75) is 25.7 Å². The molecular weight excluding hydrogens is 352 g/mol. The molecule has 8 nitrogen and oxygen atoms in total. The van der Waals surface area contributed by atoms with Gasteiger partial charge in [-0.15, -0.1) is 11.3 Å². The number of ether oxygens (including phenoxy) is 1. The average molecular weight is 368 g/mol. The third kappa shape index (κ3) is 2.80. The van der Waals surface area contributed by atoms with E-state index >= 15 is 0 Å². The number of thiazole rings is 1. The zero-order chi connectivity index (χ0) is 18.3. The molecule has 0 saturated heterocycles. The van der Waals surface area contributed by atoms with Gasteiger partial charge in [-0.3, -0.25) is 9.78 Å². The molecule has 0 fully saturated rings. The largest absolute Gasteiger partial charge is 0.480 e. The number of aromatic nitrogens is 5. The van der Waals surface area contributed by atoms with Crippen molar-refractivity contribution in [1.29, 1.82) is 0 Å². The first-order valence-electron chi connectivity index (χ1n) is 8.02. The summed E-state index contributed by atoms with van der Waals surface area (Å²) in [7, 11) is 1.55. The Balaban J connectivity index is 1.74. The van der Waals surface area contributed by atoms with Gasteiger partial charge in [0.2, 0.25) is 11.8 Å². The van der Waals surface area contributed by atoms with Gasteiger partial charge in [0.05, 0.1) is 52.5 Å². The molecule has 0 bridgehead atoms. The highest BCUT2D eigenvalue weighted by Crippen LogP contribution is 2.38. The number of ketones is 1. The third-order valence-corrected chi connectivity index (χ3v) is 5.23. The second kappa shape index (κ2) is 6.41. The summed E-state index contributed by atoms with van der Waals surface area (Å²) < 4.78 is 5.15. The Morgan fingerprint density at radius 2 is 2.08 bits per heavy atom. The van der Waals surface area contributed by atoms with Crippen LogP contribution in [-0.4, -0.2) is 37.8 Å². The monoisotopic (exact) mass is 368 g/mol. The summed E-state index contributed by atoms with van der Waals surface area (Å²) in [5, 5.41) is 0. The van der Waals surface area contributed by atoms with Crippen LogP contribution in [-0.2, 0) is 6.42 Å². The van der Waals surface area contributed by atoms with Crippen LogP contribution in [0.3, 0.4) is 0 Å². The molecule has 2 N–H and O–H groups in total. The average Bonchev–Trinajstić information content (AvgIpc) is 3.10. The molecule has 3 aromatic heterocycles. The van der Waals surface area contributed by atoms with Gasteiger partial charge in [0.25, 0.3) is 0 Å². The number of rotatable bonds is 3. The van der Waals surface area contributed by atoms with E-state index in [4.69, 9.17) is 10.5 Å². The van der Waals surface area contributed by atoms with Crippen LogP contribution in [0.5, 0.6) is 5.88 Å². The number of nitrogens with zero attached hydrogens (tertiary/aromatic N) is 5. The molecule has 132 valence electrons. The number of fused-ring (bicyclic) bond motifs is 1. The highest BCUT2D eigenvalue weighted by Gasteiger charge is 2.32. The van der Waals surface area contributed by atoms with Crippen molar-refractivity contribution in [3.8, 4) is 16.5 Å². The van der Waals surface area contributed by atoms with Crippen molar-refractivity contribution in [3.05, 3.63) is 40.5 Å². The predicted octanol–water partition coefficient (Wildman–Crippen LogP) is 2.20. The summed E-state index contributed by atoms with van der Waals surface area (Å²) in [6.07, 6.45) is 4.16. The minimum Gasteiger partial charge on any atom is -0.480 e. The first-order chi connectivity index (χ1) is 12.6. The molecule has 1 aliphatic carbocycles. The molecule has 0 spiro atoms. The van der Waals surface area contributed by atoms with E-state index in [2.05, 4.69) is 24.9 Å². The molecule has 0 radical (unpaired) electrons. The van der Waals surface area contributed by atoms with Gasteiger partial charge in [-0.05, 0) is 13.3 Å². The maximum Gasteiger partial charge on any atom is 0.232 e. The van der Waals surface area contributed by atoms with Crippen LogP contribution < -0.4 is 10.5 Å². The van der Waals surface area contributed by atoms with Gasteiger partial charge in [-0.1, -0.05) is 0 Å². The first-order valence-corrected chi connectivity index (χ1v) is 8.90. The van der Waals surface area contributed by atoms with Crippen LogP contribution in [0.2, 0.25) is 0 Å². The van der Waals surface area contributed by atoms with Crippen molar-refractivity contribution in [1.82, 2.24) is 24.9 Å². The maximum absolute atomic E-state index is 12.7. The van der Waals surface area contributed by atoms with Crippen LogP contribution in [0.4, 0.5) is 5.95 Å². The lowest BCUT2D eigenvalue weighted by molar-refractivity contribution is 0.0961. The number of methoxy groups -OCH3 is 1. The van der Waals surface area contributed by atoms with Crippen molar-refractivity contribution in [2.75, 3.05) is 12.8 Å². The Bertz CT molecular complexity index is 1000. The van der Waals surface area contributed by atoms with Crippen molar-refractivity contribution in [2.24, 2.45) is 0 Å². The van der Waals surface area contributed by atoms with E-state index in [1.165, 1.54) is 11.3 Å². The summed E-state index contributed by atoms with van der Waals surface area (Å²) in [6, 6.07) is 0. The van der Waals surface area contributed by atoms with Crippen LogP contribution in [0.15, 0.2) is 17.9 Å². The summed E-state index contributed by atoms with van der Waals surface area (Å²) in [6.45, 7) is 1.79. The molecule has 1 aliphatic rings. The number of aryl methyl sites for hydroxylation is 1. The fourth-order valence-electron chi connectivity index (χ4n) is 3.28. The van der Waals surface area contributed by atoms with Crippen LogP contribution in [0.1, 0.15) is 39.8 Å². The SMILES string of the molecule is COc1cncc(-c2scnc2C2CC(=O)c3c(C)nc(N)nc3C2)n1.